The van der Waals surface area contributed by atoms with E-state index in [0.717, 1.165) is 0 Å². The Kier molecular flexibility index (Phi) is 3.88. The summed E-state index contributed by atoms with van der Waals surface area (Å²) in [5.74, 6) is -0.975. The van der Waals surface area contributed by atoms with Gasteiger partial charge in [-0.15, -0.1) is 0 Å². The van der Waals surface area contributed by atoms with E-state index >= 15 is 0 Å². The maximum Gasteiger partial charge on any atom is 0.275 e. The highest BCUT2D eigenvalue weighted by Gasteiger charge is 2.10. The summed E-state index contributed by atoms with van der Waals surface area (Å²) in [6.07, 6.45) is 2.59. The van der Waals surface area contributed by atoms with Crippen LogP contribution in [0.3, 0.4) is 0 Å². The average Bonchev–Trinajstić information content (AvgIpc) is 2.34. The van der Waals surface area contributed by atoms with Crippen LogP contribution < -0.4 is 5.32 Å². The van der Waals surface area contributed by atoms with Crippen molar-refractivity contribution in [2.75, 3.05) is 5.32 Å². The molecule has 0 aliphatic carbocycles. The summed E-state index contributed by atoms with van der Waals surface area (Å²) in [5.41, 5.74) is 0.383. The Morgan fingerprint density at radius 2 is 2.17 bits per heavy atom. The van der Waals surface area contributed by atoms with E-state index in [9.17, 15) is 9.18 Å². The van der Waals surface area contributed by atoms with Gasteiger partial charge in [0.2, 0.25) is 0 Å². The minimum Gasteiger partial charge on any atom is -0.320 e. The van der Waals surface area contributed by atoms with Gasteiger partial charge in [-0.2, -0.15) is 0 Å². The van der Waals surface area contributed by atoms with Gasteiger partial charge in [0.15, 0.2) is 0 Å². The van der Waals surface area contributed by atoms with Crippen LogP contribution in [0.5, 0.6) is 0 Å². The summed E-state index contributed by atoms with van der Waals surface area (Å²) in [5, 5.41) is 2.61. The standard InChI is InChI=1S/C11H6BrClFN3O/c12-7-2-1-6(3-8(7)14)16-11(18)9-4-15-5-10(13)17-9/h1-5H,(H,16,18). The summed E-state index contributed by atoms with van der Waals surface area (Å²) < 4.78 is 13.6. The number of rotatable bonds is 2. The lowest BCUT2D eigenvalue weighted by atomic mass is 10.3. The number of hydrogen-bond donors (Lipinski definition) is 1. The van der Waals surface area contributed by atoms with Crippen LogP contribution in [-0.2, 0) is 0 Å². The molecular formula is C11H6BrClFN3O. The van der Waals surface area contributed by atoms with E-state index in [1.807, 2.05) is 0 Å². The maximum absolute atomic E-state index is 13.2. The molecule has 7 heteroatoms. The SMILES string of the molecule is O=C(Nc1ccc(Br)c(F)c1)c1cncc(Cl)n1. The van der Waals surface area contributed by atoms with Crippen LogP contribution in [0.25, 0.3) is 0 Å². The molecular weight excluding hydrogens is 324 g/mol. The van der Waals surface area contributed by atoms with E-state index in [-0.39, 0.29) is 10.8 Å². The first-order valence-corrected chi connectivity index (χ1v) is 5.97. The van der Waals surface area contributed by atoms with Gasteiger partial charge < -0.3 is 5.32 Å². The number of benzene rings is 1. The van der Waals surface area contributed by atoms with Gasteiger partial charge in [-0.25, -0.2) is 9.37 Å². The van der Waals surface area contributed by atoms with Crippen LogP contribution in [-0.4, -0.2) is 15.9 Å². The summed E-state index contributed by atoms with van der Waals surface area (Å²) >= 11 is 8.64. The summed E-state index contributed by atoms with van der Waals surface area (Å²) in [6, 6.07) is 4.25. The molecule has 2 aromatic rings. The fraction of sp³-hybridized carbons (Fsp3) is 0. The van der Waals surface area contributed by atoms with E-state index in [0.29, 0.717) is 10.2 Å². The molecule has 2 rings (SSSR count). The van der Waals surface area contributed by atoms with E-state index < -0.39 is 11.7 Å². The Balaban J connectivity index is 2.18. The van der Waals surface area contributed by atoms with Gasteiger partial charge in [0, 0.05) is 5.69 Å². The Hall–Kier alpha value is -1.53. The van der Waals surface area contributed by atoms with Crippen molar-refractivity contribution in [2.45, 2.75) is 0 Å². The zero-order valence-corrected chi connectivity index (χ0v) is 11.2. The van der Waals surface area contributed by atoms with Gasteiger partial charge in [-0.1, -0.05) is 11.6 Å². The molecule has 0 saturated carbocycles. The fourth-order valence-corrected chi connectivity index (χ4v) is 1.61. The average molecular weight is 331 g/mol. The molecule has 1 amide bonds. The number of nitrogens with zero attached hydrogens (tertiary/aromatic N) is 2. The number of amides is 1. The molecule has 0 fully saturated rings. The molecule has 0 aliphatic heterocycles. The van der Waals surface area contributed by atoms with Gasteiger partial charge in [0.05, 0.1) is 16.9 Å². The van der Waals surface area contributed by atoms with Crippen LogP contribution in [0.1, 0.15) is 10.5 Å². The number of hydrogen-bond acceptors (Lipinski definition) is 3. The normalized spacial score (nSPS) is 10.2. The van der Waals surface area contributed by atoms with Crippen molar-refractivity contribution in [3.63, 3.8) is 0 Å². The molecule has 0 radical (unpaired) electrons. The molecule has 0 bridgehead atoms. The third kappa shape index (κ3) is 3.02. The number of anilines is 1. The number of nitrogens with one attached hydrogen (secondary N) is 1. The molecule has 1 aromatic carbocycles. The molecule has 0 aliphatic rings. The topological polar surface area (TPSA) is 54.9 Å². The first kappa shape index (κ1) is 12.9. The highest BCUT2D eigenvalue weighted by Crippen LogP contribution is 2.19. The molecule has 1 N–H and O–H groups in total. The smallest absolute Gasteiger partial charge is 0.275 e. The van der Waals surface area contributed by atoms with Gasteiger partial charge >= 0.3 is 0 Å². The summed E-state index contributed by atoms with van der Waals surface area (Å²) in [6.45, 7) is 0. The van der Waals surface area contributed by atoms with Gasteiger partial charge in [0.1, 0.15) is 16.7 Å². The van der Waals surface area contributed by atoms with Crippen molar-refractivity contribution in [3.8, 4) is 0 Å². The summed E-state index contributed by atoms with van der Waals surface area (Å²) in [4.78, 5) is 19.3. The van der Waals surface area contributed by atoms with Crippen LogP contribution in [0.15, 0.2) is 35.1 Å². The summed E-state index contributed by atoms with van der Waals surface area (Å²) in [7, 11) is 0. The van der Waals surface area contributed by atoms with Crippen LogP contribution in [0, 0.1) is 5.82 Å². The van der Waals surface area contributed by atoms with Crippen molar-refractivity contribution in [2.24, 2.45) is 0 Å². The minimum atomic E-state index is -0.508. The molecule has 0 spiro atoms. The first-order valence-electron chi connectivity index (χ1n) is 4.80. The number of carbonyl (C=O) groups excluding carboxylic acids is 1. The van der Waals surface area contributed by atoms with Crippen LogP contribution in [0.2, 0.25) is 5.15 Å². The fourth-order valence-electron chi connectivity index (χ4n) is 1.22. The number of aromatic nitrogens is 2. The van der Waals surface area contributed by atoms with Crippen molar-refractivity contribution >= 4 is 39.1 Å². The molecule has 4 nitrogen and oxygen atoms in total. The second-order valence-corrected chi connectivity index (χ2v) is 4.55. The Morgan fingerprint density at radius 3 is 2.83 bits per heavy atom. The molecule has 92 valence electrons. The van der Waals surface area contributed by atoms with E-state index in [1.165, 1.54) is 24.5 Å². The van der Waals surface area contributed by atoms with E-state index in [4.69, 9.17) is 11.6 Å². The predicted octanol–water partition coefficient (Wildman–Crippen LogP) is 3.28. The third-order valence-electron chi connectivity index (χ3n) is 2.02. The van der Waals surface area contributed by atoms with E-state index in [1.54, 1.807) is 6.07 Å². The second kappa shape index (κ2) is 5.41. The van der Waals surface area contributed by atoms with Gasteiger partial charge in [-0.3, -0.25) is 9.78 Å². The maximum atomic E-state index is 13.2. The quantitative estimate of drug-likeness (QED) is 0.919. The Labute approximate surface area is 115 Å². The predicted molar refractivity (Wildman–Crippen MR) is 69.1 cm³/mol. The Morgan fingerprint density at radius 1 is 1.39 bits per heavy atom. The highest BCUT2D eigenvalue weighted by atomic mass is 79.9. The van der Waals surface area contributed by atoms with Crippen LogP contribution in [0.4, 0.5) is 10.1 Å². The van der Waals surface area contributed by atoms with Crippen molar-refractivity contribution in [1.29, 1.82) is 0 Å². The molecule has 0 atom stereocenters. The lowest BCUT2D eigenvalue weighted by Gasteiger charge is -2.05. The lowest BCUT2D eigenvalue weighted by molar-refractivity contribution is 0.102. The molecule has 1 heterocycles. The highest BCUT2D eigenvalue weighted by molar-refractivity contribution is 9.10. The third-order valence-corrected chi connectivity index (χ3v) is 2.84. The largest absolute Gasteiger partial charge is 0.320 e. The first-order chi connectivity index (χ1) is 8.56. The van der Waals surface area contributed by atoms with Crippen molar-refractivity contribution < 1.29 is 9.18 Å². The number of carbonyl (C=O) groups is 1. The zero-order valence-electron chi connectivity index (χ0n) is 8.82. The van der Waals surface area contributed by atoms with Gasteiger partial charge in [0.25, 0.3) is 5.91 Å². The van der Waals surface area contributed by atoms with E-state index in [2.05, 4.69) is 31.2 Å². The zero-order chi connectivity index (χ0) is 13.1. The molecule has 18 heavy (non-hydrogen) atoms. The molecule has 0 saturated heterocycles. The Bertz CT molecular complexity index is 609. The lowest BCUT2D eigenvalue weighted by Crippen LogP contribution is -2.14. The van der Waals surface area contributed by atoms with Crippen LogP contribution >= 0.6 is 27.5 Å². The second-order valence-electron chi connectivity index (χ2n) is 3.31. The number of halogens is 3. The minimum absolute atomic E-state index is 0.0610. The van der Waals surface area contributed by atoms with Gasteiger partial charge in [-0.05, 0) is 34.1 Å². The molecule has 0 unspecified atom stereocenters. The molecule has 1 aromatic heterocycles. The monoisotopic (exact) mass is 329 g/mol. The van der Waals surface area contributed by atoms with Crippen molar-refractivity contribution in [3.05, 3.63) is 51.7 Å². The van der Waals surface area contributed by atoms with Crippen molar-refractivity contribution in [1.82, 2.24) is 9.97 Å².